The Morgan fingerprint density at radius 3 is 2.71 bits per heavy atom. The summed E-state index contributed by atoms with van der Waals surface area (Å²) >= 11 is 8.00. The number of benzene rings is 1. The normalized spacial score (nSPS) is 12.5. The molecule has 0 fully saturated rings. The van der Waals surface area contributed by atoms with Crippen molar-refractivity contribution in [2.24, 2.45) is 0 Å². The standard InChI is InChI=1S/C9H9AsBr2O2/c10-7(9(13)14)4-5-3-6(11)1-2-8(5)12/h1-3,7H,4,10H2,(H,13,14). The van der Waals surface area contributed by atoms with Crippen LogP contribution in [0.4, 0.5) is 0 Å². The van der Waals surface area contributed by atoms with Gasteiger partial charge in [-0.2, -0.15) is 0 Å². The predicted molar refractivity (Wildman–Crippen MR) is 65.5 cm³/mol. The number of aliphatic carboxylic acids is 1. The maximum absolute atomic E-state index is 10.7. The Labute approximate surface area is 108 Å². The van der Waals surface area contributed by atoms with Crippen LogP contribution in [0.2, 0.25) is 4.71 Å². The van der Waals surface area contributed by atoms with E-state index < -0.39 is 5.97 Å². The van der Waals surface area contributed by atoms with E-state index in [0.717, 1.165) is 14.5 Å². The van der Waals surface area contributed by atoms with Gasteiger partial charge >= 0.3 is 108 Å². The Morgan fingerprint density at radius 1 is 1.50 bits per heavy atom. The molecule has 0 radical (unpaired) electrons. The first kappa shape index (κ1) is 12.3. The van der Waals surface area contributed by atoms with E-state index in [1.165, 1.54) is 16.9 Å². The topological polar surface area (TPSA) is 37.3 Å². The van der Waals surface area contributed by atoms with Crippen LogP contribution < -0.4 is 0 Å². The fourth-order valence-corrected chi connectivity index (χ4v) is 2.37. The quantitative estimate of drug-likeness (QED) is 0.813. The number of hydrogen-bond donors (Lipinski definition) is 1. The second-order valence-corrected chi connectivity index (χ2v) is 6.34. The third kappa shape index (κ3) is 3.41. The molecule has 0 bridgehead atoms. The Bertz CT molecular complexity index is 355. The summed E-state index contributed by atoms with van der Waals surface area (Å²) in [5.74, 6) is -0.739. The summed E-state index contributed by atoms with van der Waals surface area (Å²) < 4.78 is 1.64. The van der Waals surface area contributed by atoms with E-state index in [1.54, 1.807) is 0 Å². The van der Waals surface area contributed by atoms with Gasteiger partial charge in [-0.05, 0) is 0 Å². The minimum absolute atomic E-state index is 0.298. The van der Waals surface area contributed by atoms with Gasteiger partial charge in [-0.3, -0.25) is 0 Å². The molecule has 0 saturated carbocycles. The molecule has 5 heteroatoms. The predicted octanol–water partition coefficient (Wildman–Crippen LogP) is 2.26. The molecule has 0 spiro atoms. The third-order valence-corrected chi connectivity index (χ3v) is 4.12. The van der Waals surface area contributed by atoms with Crippen molar-refractivity contribution in [3.05, 3.63) is 32.7 Å². The van der Waals surface area contributed by atoms with Gasteiger partial charge in [0.1, 0.15) is 0 Å². The van der Waals surface area contributed by atoms with Crippen molar-refractivity contribution in [2.75, 3.05) is 0 Å². The fourth-order valence-electron chi connectivity index (χ4n) is 1.02. The molecule has 2 unspecified atom stereocenters. The molecule has 0 saturated heterocycles. The maximum atomic E-state index is 10.7. The molecule has 1 N–H and O–H groups in total. The number of carboxylic acids is 1. The first-order chi connectivity index (χ1) is 6.50. The van der Waals surface area contributed by atoms with Crippen molar-refractivity contribution in [2.45, 2.75) is 11.1 Å². The van der Waals surface area contributed by atoms with E-state index in [4.69, 9.17) is 5.11 Å². The van der Waals surface area contributed by atoms with Gasteiger partial charge in [0.2, 0.25) is 0 Å². The van der Waals surface area contributed by atoms with Gasteiger partial charge in [-0.25, -0.2) is 0 Å². The summed E-state index contributed by atoms with van der Waals surface area (Å²) in [7, 11) is 0. The average molecular weight is 384 g/mol. The molecule has 0 aromatic heterocycles. The van der Waals surface area contributed by atoms with Crippen molar-refractivity contribution in [3.8, 4) is 0 Å². The molecule has 76 valence electrons. The van der Waals surface area contributed by atoms with Crippen molar-refractivity contribution >= 4 is 54.7 Å². The molecule has 0 aliphatic heterocycles. The second kappa shape index (κ2) is 5.34. The van der Waals surface area contributed by atoms with Crippen LogP contribution in [-0.2, 0) is 11.2 Å². The molecule has 1 rings (SSSR count). The molecule has 2 atom stereocenters. The molecule has 0 heterocycles. The Kier molecular flexibility index (Phi) is 4.68. The van der Waals surface area contributed by atoms with E-state index in [9.17, 15) is 4.79 Å². The Balaban J connectivity index is 2.85. The minimum atomic E-state index is -0.739. The zero-order chi connectivity index (χ0) is 10.7. The van der Waals surface area contributed by atoms with Gasteiger partial charge in [0.15, 0.2) is 0 Å². The van der Waals surface area contributed by atoms with E-state index in [1.807, 2.05) is 18.2 Å². The molecule has 0 aliphatic carbocycles. The zero-order valence-electron chi connectivity index (χ0n) is 7.21. The van der Waals surface area contributed by atoms with Crippen LogP contribution >= 0.6 is 31.9 Å². The summed E-state index contributed by atoms with van der Waals surface area (Å²) in [5, 5.41) is 8.79. The van der Waals surface area contributed by atoms with Crippen LogP contribution in [0.1, 0.15) is 5.56 Å². The van der Waals surface area contributed by atoms with Crippen LogP contribution in [-0.4, -0.2) is 27.9 Å². The fraction of sp³-hybridized carbons (Fsp3) is 0.222. The molecule has 0 aliphatic rings. The van der Waals surface area contributed by atoms with Crippen LogP contribution in [0.15, 0.2) is 27.1 Å². The summed E-state index contributed by atoms with van der Waals surface area (Å²) in [6.45, 7) is 0. The second-order valence-electron chi connectivity index (χ2n) is 2.88. The molecular weight excluding hydrogens is 375 g/mol. The van der Waals surface area contributed by atoms with Crippen LogP contribution in [0.25, 0.3) is 0 Å². The first-order valence-electron chi connectivity index (χ1n) is 3.93. The van der Waals surface area contributed by atoms with Gasteiger partial charge in [0.05, 0.1) is 0 Å². The van der Waals surface area contributed by atoms with Gasteiger partial charge in [-0.15, -0.1) is 0 Å². The molecular formula is C9H9AsBr2O2. The van der Waals surface area contributed by atoms with Crippen molar-refractivity contribution in [1.82, 2.24) is 0 Å². The number of hydrogen-bond acceptors (Lipinski definition) is 1. The van der Waals surface area contributed by atoms with Crippen molar-refractivity contribution < 1.29 is 9.90 Å². The number of carboxylic acid groups (broad SMARTS) is 1. The molecule has 0 amide bonds. The number of halogens is 2. The van der Waals surface area contributed by atoms with E-state index >= 15 is 0 Å². The summed E-state index contributed by atoms with van der Waals surface area (Å²) in [6, 6.07) is 5.78. The van der Waals surface area contributed by atoms with Crippen LogP contribution in [0, 0.1) is 0 Å². The summed E-state index contributed by atoms with van der Waals surface area (Å²) in [4.78, 5) is 10.7. The van der Waals surface area contributed by atoms with E-state index in [2.05, 4.69) is 31.9 Å². The molecule has 1 aromatic carbocycles. The van der Waals surface area contributed by atoms with Gasteiger partial charge < -0.3 is 0 Å². The van der Waals surface area contributed by atoms with Crippen molar-refractivity contribution in [1.29, 1.82) is 0 Å². The van der Waals surface area contributed by atoms with Gasteiger partial charge in [-0.1, -0.05) is 0 Å². The summed E-state index contributed by atoms with van der Waals surface area (Å²) in [5.41, 5.74) is 1.02. The molecule has 14 heavy (non-hydrogen) atoms. The SMILES string of the molecule is O=C(O)C([AsH2])Cc1cc(Br)ccc1Br. The van der Waals surface area contributed by atoms with E-state index in [-0.39, 0.29) is 4.71 Å². The monoisotopic (exact) mass is 382 g/mol. The Hall–Kier alpha value is 0.208. The number of rotatable bonds is 3. The average Bonchev–Trinajstić information content (AvgIpc) is 2.11. The third-order valence-electron chi connectivity index (χ3n) is 1.76. The first-order valence-corrected chi connectivity index (χ1v) is 6.91. The van der Waals surface area contributed by atoms with Crippen molar-refractivity contribution in [3.63, 3.8) is 0 Å². The molecule has 2 nitrogen and oxygen atoms in total. The van der Waals surface area contributed by atoms with Crippen LogP contribution in [0.5, 0.6) is 0 Å². The van der Waals surface area contributed by atoms with Gasteiger partial charge in [0, 0.05) is 0 Å². The van der Waals surface area contributed by atoms with E-state index in [0.29, 0.717) is 6.42 Å². The zero-order valence-corrected chi connectivity index (χ0v) is 12.8. The summed E-state index contributed by atoms with van der Waals surface area (Å²) in [6.07, 6.45) is 0.565. The van der Waals surface area contributed by atoms with Crippen LogP contribution in [0.3, 0.4) is 0 Å². The molecule has 1 aromatic rings. The van der Waals surface area contributed by atoms with Gasteiger partial charge in [0.25, 0.3) is 0 Å². The number of carbonyl (C=O) groups is 1. The Morgan fingerprint density at radius 2 is 2.14 bits per heavy atom.